The molecule has 4 heteroatoms. The van der Waals surface area contributed by atoms with Crippen LogP contribution in [0.15, 0.2) is 12.1 Å². The van der Waals surface area contributed by atoms with Crippen molar-refractivity contribution in [3.05, 3.63) is 21.3 Å². The highest BCUT2D eigenvalue weighted by Gasteiger charge is 2.19. The minimum absolute atomic E-state index is 0.242. The molecule has 1 saturated heterocycles. The Morgan fingerprint density at radius 2 is 2.47 bits per heavy atom. The van der Waals surface area contributed by atoms with E-state index in [0.29, 0.717) is 5.92 Å². The number of hydrogen-bond acceptors (Lipinski definition) is 3. The number of rotatable bonds is 4. The lowest BCUT2D eigenvalue weighted by Gasteiger charge is -2.14. The topological polar surface area (TPSA) is 35.2 Å². The molecular weight excluding hydrogens is 230 g/mol. The standard InChI is InChI=1S/C11H16ClNOS/c12-11-2-1-10(15-11)6-9(13)5-8-3-4-14-7-8/h1-2,8-9H,3-7,13H2. The van der Waals surface area contributed by atoms with E-state index >= 15 is 0 Å². The molecular formula is C11H16ClNOS. The molecule has 0 bridgehead atoms. The number of hydrogen-bond donors (Lipinski definition) is 1. The van der Waals surface area contributed by atoms with Gasteiger partial charge in [-0.2, -0.15) is 0 Å². The maximum atomic E-state index is 6.10. The van der Waals surface area contributed by atoms with Gasteiger partial charge in [-0.3, -0.25) is 0 Å². The van der Waals surface area contributed by atoms with Crippen LogP contribution in [0.1, 0.15) is 17.7 Å². The third kappa shape index (κ3) is 3.45. The summed E-state index contributed by atoms with van der Waals surface area (Å²) in [5, 5.41) is 0. The van der Waals surface area contributed by atoms with Gasteiger partial charge < -0.3 is 10.5 Å². The molecule has 1 aromatic rings. The van der Waals surface area contributed by atoms with Gasteiger partial charge in [-0.25, -0.2) is 0 Å². The predicted molar refractivity (Wildman–Crippen MR) is 64.6 cm³/mol. The van der Waals surface area contributed by atoms with Crippen molar-refractivity contribution in [2.75, 3.05) is 13.2 Å². The van der Waals surface area contributed by atoms with E-state index in [0.717, 1.165) is 30.4 Å². The van der Waals surface area contributed by atoms with Gasteiger partial charge in [0.2, 0.25) is 0 Å². The second-order valence-electron chi connectivity index (χ2n) is 4.14. The van der Waals surface area contributed by atoms with Crippen LogP contribution in [0.25, 0.3) is 0 Å². The maximum Gasteiger partial charge on any atom is 0.0931 e. The Morgan fingerprint density at radius 1 is 1.60 bits per heavy atom. The molecule has 0 spiro atoms. The summed E-state index contributed by atoms with van der Waals surface area (Å²) < 4.78 is 6.19. The van der Waals surface area contributed by atoms with Crippen LogP contribution in [-0.2, 0) is 11.2 Å². The average Bonchev–Trinajstić information content (AvgIpc) is 2.77. The summed E-state index contributed by atoms with van der Waals surface area (Å²) in [5.74, 6) is 0.662. The second-order valence-corrected chi connectivity index (χ2v) is 5.93. The third-order valence-corrected chi connectivity index (χ3v) is 4.01. The fourth-order valence-corrected chi connectivity index (χ4v) is 3.18. The fourth-order valence-electron chi connectivity index (χ4n) is 2.00. The SMILES string of the molecule is NC(Cc1ccc(Cl)s1)CC1CCOC1. The van der Waals surface area contributed by atoms with Crippen molar-refractivity contribution in [3.63, 3.8) is 0 Å². The molecule has 1 aromatic heterocycles. The Bertz CT molecular complexity index is 309. The first-order chi connectivity index (χ1) is 7.24. The van der Waals surface area contributed by atoms with Gasteiger partial charge in [-0.15, -0.1) is 11.3 Å². The first-order valence-corrected chi connectivity index (χ1v) is 6.51. The Hall–Kier alpha value is -0.0900. The molecule has 0 aromatic carbocycles. The molecule has 2 atom stereocenters. The maximum absolute atomic E-state index is 6.10. The summed E-state index contributed by atoms with van der Waals surface area (Å²) in [5.41, 5.74) is 6.10. The van der Waals surface area contributed by atoms with Crippen LogP contribution in [0.5, 0.6) is 0 Å². The molecule has 2 heterocycles. The molecule has 15 heavy (non-hydrogen) atoms. The van der Waals surface area contributed by atoms with Gasteiger partial charge in [-0.1, -0.05) is 11.6 Å². The molecule has 1 aliphatic heterocycles. The summed E-state index contributed by atoms with van der Waals surface area (Å²) in [6.07, 6.45) is 3.17. The number of nitrogens with two attached hydrogens (primary N) is 1. The van der Waals surface area contributed by atoms with Crippen LogP contribution in [0, 0.1) is 5.92 Å². The highest BCUT2D eigenvalue weighted by atomic mass is 35.5. The number of halogens is 1. The summed E-state index contributed by atoms with van der Waals surface area (Å²) in [4.78, 5) is 1.28. The molecule has 1 aliphatic rings. The Labute approximate surface area is 99.4 Å². The van der Waals surface area contributed by atoms with E-state index in [-0.39, 0.29) is 6.04 Å². The summed E-state index contributed by atoms with van der Waals surface area (Å²) in [6, 6.07) is 4.25. The lowest BCUT2D eigenvalue weighted by Crippen LogP contribution is -2.25. The van der Waals surface area contributed by atoms with Crippen LogP contribution < -0.4 is 5.73 Å². The van der Waals surface area contributed by atoms with Crippen LogP contribution in [0.3, 0.4) is 0 Å². The fraction of sp³-hybridized carbons (Fsp3) is 0.636. The van der Waals surface area contributed by atoms with E-state index in [2.05, 4.69) is 6.07 Å². The predicted octanol–water partition coefficient (Wildman–Crippen LogP) is 2.70. The molecule has 84 valence electrons. The second kappa shape index (κ2) is 5.30. The molecule has 2 N–H and O–H groups in total. The van der Waals surface area contributed by atoms with Crippen LogP contribution >= 0.6 is 22.9 Å². The van der Waals surface area contributed by atoms with E-state index < -0.39 is 0 Å². The van der Waals surface area contributed by atoms with Gasteiger partial charge >= 0.3 is 0 Å². The monoisotopic (exact) mass is 245 g/mol. The van der Waals surface area contributed by atoms with Crippen molar-refractivity contribution in [1.29, 1.82) is 0 Å². The lowest BCUT2D eigenvalue weighted by molar-refractivity contribution is 0.182. The van der Waals surface area contributed by atoms with Gasteiger partial charge in [0, 0.05) is 24.1 Å². The van der Waals surface area contributed by atoms with Gasteiger partial charge in [0.15, 0.2) is 0 Å². The van der Waals surface area contributed by atoms with E-state index in [9.17, 15) is 0 Å². The van der Waals surface area contributed by atoms with Crippen molar-refractivity contribution in [2.45, 2.75) is 25.3 Å². The largest absolute Gasteiger partial charge is 0.381 e. The van der Waals surface area contributed by atoms with Gasteiger partial charge in [0.1, 0.15) is 0 Å². The van der Waals surface area contributed by atoms with Gasteiger partial charge in [-0.05, 0) is 37.3 Å². The molecule has 0 amide bonds. The third-order valence-electron chi connectivity index (χ3n) is 2.75. The van der Waals surface area contributed by atoms with Crippen LogP contribution in [0.4, 0.5) is 0 Å². The smallest absolute Gasteiger partial charge is 0.0931 e. The molecule has 2 rings (SSSR count). The summed E-state index contributed by atoms with van der Waals surface area (Å²) in [7, 11) is 0. The lowest BCUT2D eigenvalue weighted by atomic mass is 9.97. The average molecular weight is 246 g/mol. The van der Waals surface area contributed by atoms with Crippen LogP contribution in [0.2, 0.25) is 4.34 Å². The number of thiophene rings is 1. The molecule has 0 radical (unpaired) electrons. The van der Waals surface area contributed by atoms with Crippen molar-refractivity contribution in [1.82, 2.24) is 0 Å². The molecule has 2 nitrogen and oxygen atoms in total. The first-order valence-electron chi connectivity index (χ1n) is 5.31. The molecule has 2 unspecified atom stereocenters. The minimum Gasteiger partial charge on any atom is -0.381 e. The zero-order valence-corrected chi connectivity index (χ0v) is 10.2. The van der Waals surface area contributed by atoms with Gasteiger partial charge in [0.25, 0.3) is 0 Å². The van der Waals surface area contributed by atoms with E-state index in [1.165, 1.54) is 11.3 Å². The molecule has 0 aliphatic carbocycles. The molecule has 1 fully saturated rings. The zero-order chi connectivity index (χ0) is 10.7. The van der Waals surface area contributed by atoms with Crippen molar-refractivity contribution >= 4 is 22.9 Å². The zero-order valence-electron chi connectivity index (χ0n) is 8.62. The first kappa shape index (κ1) is 11.4. The van der Waals surface area contributed by atoms with E-state index in [1.807, 2.05) is 6.07 Å². The Balaban J connectivity index is 1.78. The summed E-state index contributed by atoms with van der Waals surface area (Å²) in [6.45, 7) is 1.79. The Kier molecular flexibility index (Phi) is 4.03. The van der Waals surface area contributed by atoms with Crippen molar-refractivity contribution in [3.8, 4) is 0 Å². The summed E-state index contributed by atoms with van der Waals surface area (Å²) >= 11 is 7.50. The van der Waals surface area contributed by atoms with E-state index in [1.54, 1.807) is 11.3 Å². The van der Waals surface area contributed by atoms with Gasteiger partial charge in [0.05, 0.1) is 4.34 Å². The highest BCUT2D eigenvalue weighted by molar-refractivity contribution is 7.16. The van der Waals surface area contributed by atoms with E-state index in [4.69, 9.17) is 22.1 Å². The van der Waals surface area contributed by atoms with Crippen molar-refractivity contribution in [2.24, 2.45) is 11.7 Å². The van der Waals surface area contributed by atoms with Crippen molar-refractivity contribution < 1.29 is 4.74 Å². The quantitative estimate of drug-likeness (QED) is 0.885. The minimum atomic E-state index is 0.242. The highest BCUT2D eigenvalue weighted by Crippen LogP contribution is 2.24. The Morgan fingerprint density at radius 3 is 3.07 bits per heavy atom. The number of ether oxygens (including phenoxy) is 1. The van der Waals surface area contributed by atoms with Crippen LogP contribution in [-0.4, -0.2) is 19.3 Å². The molecule has 0 saturated carbocycles. The normalized spacial score (nSPS) is 23.2.